The second-order valence-electron chi connectivity index (χ2n) is 7.00. The van der Waals surface area contributed by atoms with Gasteiger partial charge in [-0.3, -0.25) is 4.90 Å². The standard InChI is InChI=1S/C18H28N2O/c1-13(2)9-14-3-5-15(6-4-14)18(10-19)20-11-16-7-8-17(12-20)21-16/h3-6,13,16-18H,7-12,19H2,1-2H3. The molecule has 3 atom stereocenters. The molecular formula is C18H28N2O. The molecule has 2 fully saturated rings. The molecule has 2 saturated heterocycles. The summed E-state index contributed by atoms with van der Waals surface area (Å²) in [4.78, 5) is 2.53. The van der Waals surface area contributed by atoms with Crippen LogP contribution in [0.4, 0.5) is 0 Å². The number of rotatable bonds is 5. The third kappa shape index (κ3) is 3.47. The van der Waals surface area contributed by atoms with Crippen molar-refractivity contribution in [1.82, 2.24) is 4.90 Å². The van der Waals surface area contributed by atoms with E-state index in [1.54, 1.807) is 0 Å². The Morgan fingerprint density at radius 2 is 1.76 bits per heavy atom. The van der Waals surface area contributed by atoms with Crippen LogP contribution in [0.1, 0.15) is 43.9 Å². The van der Waals surface area contributed by atoms with Crippen molar-refractivity contribution in [2.24, 2.45) is 11.7 Å². The molecule has 2 aliphatic heterocycles. The predicted octanol–water partition coefficient (Wildman–Crippen LogP) is 2.75. The number of hydrogen-bond acceptors (Lipinski definition) is 3. The van der Waals surface area contributed by atoms with Gasteiger partial charge < -0.3 is 10.5 Å². The molecule has 3 nitrogen and oxygen atoms in total. The van der Waals surface area contributed by atoms with E-state index in [9.17, 15) is 0 Å². The summed E-state index contributed by atoms with van der Waals surface area (Å²) < 4.78 is 5.94. The zero-order valence-electron chi connectivity index (χ0n) is 13.3. The number of nitrogens with zero attached hydrogens (tertiary/aromatic N) is 1. The van der Waals surface area contributed by atoms with Crippen molar-refractivity contribution in [3.05, 3.63) is 35.4 Å². The van der Waals surface area contributed by atoms with Crippen molar-refractivity contribution in [3.8, 4) is 0 Å². The third-order valence-corrected chi connectivity index (χ3v) is 4.74. The molecule has 3 heteroatoms. The topological polar surface area (TPSA) is 38.5 Å². The fraction of sp³-hybridized carbons (Fsp3) is 0.667. The first kappa shape index (κ1) is 15.0. The van der Waals surface area contributed by atoms with Crippen LogP contribution in [0, 0.1) is 5.92 Å². The van der Waals surface area contributed by atoms with Gasteiger partial charge in [0.2, 0.25) is 0 Å². The minimum atomic E-state index is 0.338. The summed E-state index contributed by atoms with van der Waals surface area (Å²) in [5, 5.41) is 0. The van der Waals surface area contributed by atoms with Crippen molar-refractivity contribution in [3.63, 3.8) is 0 Å². The molecule has 3 unspecified atom stereocenters. The van der Waals surface area contributed by atoms with Gasteiger partial charge in [-0.15, -0.1) is 0 Å². The molecule has 0 amide bonds. The molecular weight excluding hydrogens is 260 g/mol. The molecule has 0 aromatic heterocycles. The lowest BCUT2D eigenvalue weighted by molar-refractivity contribution is -0.0521. The molecule has 2 aliphatic rings. The first-order chi connectivity index (χ1) is 10.2. The van der Waals surface area contributed by atoms with Crippen LogP contribution in [0.5, 0.6) is 0 Å². The Hall–Kier alpha value is -0.900. The van der Waals surface area contributed by atoms with Gasteiger partial charge in [-0.05, 0) is 36.3 Å². The Balaban J connectivity index is 1.70. The van der Waals surface area contributed by atoms with Crippen LogP contribution >= 0.6 is 0 Å². The van der Waals surface area contributed by atoms with Gasteiger partial charge in [0.1, 0.15) is 0 Å². The van der Waals surface area contributed by atoms with Gasteiger partial charge in [-0.25, -0.2) is 0 Å². The summed E-state index contributed by atoms with van der Waals surface area (Å²) in [6.07, 6.45) is 4.43. The first-order valence-electron chi connectivity index (χ1n) is 8.34. The molecule has 1 aromatic rings. The van der Waals surface area contributed by atoms with Crippen LogP contribution in [-0.4, -0.2) is 36.7 Å². The van der Waals surface area contributed by atoms with E-state index < -0.39 is 0 Å². The van der Waals surface area contributed by atoms with Gasteiger partial charge in [0, 0.05) is 25.7 Å². The first-order valence-corrected chi connectivity index (χ1v) is 8.34. The molecule has 0 spiro atoms. The van der Waals surface area contributed by atoms with Crippen molar-refractivity contribution >= 4 is 0 Å². The Kier molecular flexibility index (Phi) is 4.63. The monoisotopic (exact) mass is 288 g/mol. The summed E-state index contributed by atoms with van der Waals surface area (Å²) >= 11 is 0. The SMILES string of the molecule is CC(C)Cc1ccc(C(CN)N2CC3CCC(C2)O3)cc1. The normalized spacial score (nSPS) is 27.2. The molecule has 2 heterocycles. The number of nitrogens with two attached hydrogens (primary N) is 1. The molecule has 0 saturated carbocycles. The van der Waals surface area contributed by atoms with Gasteiger partial charge in [0.15, 0.2) is 0 Å². The van der Waals surface area contributed by atoms with Crippen LogP contribution < -0.4 is 5.73 Å². The highest BCUT2D eigenvalue weighted by atomic mass is 16.5. The van der Waals surface area contributed by atoms with Crippen LogP contribution in [-0.2, 0) is 11.2 Å². The summed E-state index contributed by atoms with van der Waals surface area (Å²) in [5.41, 5.74) is 8.86. The third-order valence-electron chi connectivity index (χ3n) is 4.74. The molecule has 116 valence electrons. The van der Waals surface area contributed by atoms with Gasteiger partial charge in [-0.2, -0.15) is 0 Å². The van der Waals surface area contributed by atoms with E-state index >= 15 is 0 Å². The molecule has 1 aromatic carbocycles. The minimum absolute atomic E-state index is 0.338. The number of likely N-dealkylation sites (tertiary alicyclic amines) is 1. The number of morpholine rings is 1. The Morgan fingerprint density at radius 3 is 2.29 bits per heavy atom. The van der Waals surface area contributed by atoms with Crippen LogP contribution in [0.25, 0.3) is 0 Å². The van der Waals surface area contributed by atoms with Crippen LogP contribution in [0.15, 0.2) is 24.3 Å². The highest BCUT2D eigenvalue weighted by molar-refractivity contribution is 5.26. The van der Waals surface area contributed by atoms with E-state index in [1.165, 1.54) is 24.0 Å². The lowest BCUT2D eigenvalue weighted by atomic mass is 9.98. The van der Waals surface area contributed by atoms with Crippen molar-refractivity contribution in [1.29, 1.82) is 0 Å². The van der Waals surface area contributed by atoms with E-state index in [1.807, 2.05) is 0 Å². The molecule has 2 N–H and O–H groups in total. The molecule has 21 heavy (non-hydrogen) atoms. The molecule has 0 aliphatic carbocycles. The van der Waals surface area contributed by atoms with Gasteiger partial charge in [-0.1, -0.05) is 38.1 Å². The van der Waals surface area contributed by atoms with Crippen molar-refractivity contribution in [2.75, 3.05) is 19.6 Å². The average Bonchev–Trinajstić information content (AvgIpc) is 2.80. The Morgan fingerprint density at radius 1 is 1.14 bits per heavy atom. The van der Waals surface area contributed by atoms with E-state index in [-0.39, 0.29) is 0 Å². The Labute approximate surface area is 128 Å². The lowest BCUT2D eigenvalue weighted by Crippen LogP contribution is -2.46. The average molecular weight is 288 g/mol. The predicted molar refractivity (Wildman–Crippen MR) is 86.2 cm³/mol. The number of benzene rings is 1. The minimum Gasteiger partial charge on any atom is -0.372 e. The fourth-order valence-electron chi connectivity index (χ4n) is 3.74. The Bertz CT molecular complexity index is 445. The highest BCUT2D eigenvalue weighted by Gasteiger charge is 2.36. The fourth-order valence-corrected chi connectivity index (χ4v) is 3.74. The van der Waals surface area contributed by atoms with Gasteiger partial charge >= 0.3 is 0 Å². The van der Waals surface area contributed by atoms with Crippen molar-refractivity contribution in [2.45, 2.75) is 51.4 Å². The summed E-state index contributed by atoms with van der Waals surface area (Å²) in [7, 11) is 0. The molecule has 0 radical (unpaired) electrons. The van der Waals surface area contributed by atoms with Crippen LogP contribution in [0.3, 0.4) is 0 Å². The summed E-state index contributed by atoms with van der Waals surface area (Å²) in [6, 6.07) is 9.42. The number of fused-ring (bicyclic) bond motifs is 2. The molecule has 2 bridgehead atoms. The second-order valence-corrected chi connectivity index (χ2v) is 7.00. The zero-order chi connectivity index (χ0) is 14.8. The highest BCUT2D eigenvalue weighted by Crippen LogP contribution is 2.31. The number of ether oxygens (including phenoxy) is 1. The largest absolute Gasteiger partial charge is 0.372 e. The van der Waals surface area contributed by atoms with E-state index in [0.717, 1.165) is 19.5 Å². The maximum absolute atomic E-state index is 6.08. The maximum Gasteiger partial charge on any atom is 0.0707 e. The van der Waals surface area contributed by atoms with Crippen molar-refractivity contribution < 1.29 is 4.74 Å². The zero-order valence-corrected chi connectivity index (χ0v) is 13.3. The maximum atomic E-state index is 6.08. The number of hydrogen-bond donors (Lipinski definition) is 1. The van der Waals surface area contributed by atoms with Crippen LogP contribution in [0.2, 0.25) is 0 Å². The van der Waals surface area contributed by atoms with E-state index in [4.69, 9.17) is 10.5 Å². The lowest BCUT2D eigenvalue weighted by Gasteiger charge is -2.37. The second kappa shape index (κ2) is 6.47. The van der Waals surface area contributed by atoms with E-state index in [0.29, 0.717) is 30.7 Å². The summed E-state index contributed by atoms with van der Waals surface area (Å²) in [6.45, 7) is 7.28. The quantitative estimate of drug-likeness (QED) is 0.905. The smallest absolute Gasteiger partial charge is 0.0707 e. The van der Waals surface area contributed by atoms with Gasteiger partial charge in [0.25, 0.3) is 0 Å². The molecule has 3 rings (SSSR count). The van der Waals surface area contributed by atoms with E-state index in [2.05, 4.69) is 43.0 Å². The summed E-state index contributed by atoms with van der Waals surface area (Å²) in [5.74, 6) is 0.705. The van der Waals surface area contributed by atoms with Gasteiger partial charge in [0.05, 0.1) is 12.2 Å².